The number of thiophene rings is 1. The van der Waals surface area contributed by atoms with Crippen molar-refractivity contribution in [3.63, 3.8) is 0 Å². The first-order chi connectivity index (χ1) is 7.75. The lowest BCUT2D eigenvalue weighted by atomic mass is 10.2. The molecule has 84 valence electrons. The van der Waals surface area contributed by atoms with Crippen molar-refractivity contribution < 1.29 is 0 Å². The van der Waals surface area contributed by atoms with Crippen LogP contribution in [0.25, 0.3) is 0 Å². The lowest BCUT2D eigenvalue weighted by Gasteiger charge is -2.07. The normalized spacial score (nSPS) is 10.4. The van der Waals surface area contributed by atoms with Gasteiger partial charge < -0.3 is 5.32 Å². The van der Waals surface area contributed by atoms with E-state index in [9.17, 15) is 0 Å². The van der Waals surface area contributed by atoms with Crippen LogP contribution in [0.3, 0.4) is 0 Å². The predicted molar refractivity (Wildman–Crippen MR) is 75.4 cm³/mol. The fourth-order valence-corrected chi connectivity index (χ4v) is 2.50. The van der Waals surface area contributed by atoms with E-state index in [4.69, 9.17) is 0 Å². The largest absolute Gasteiger partial charge is 0.385 e. The molecule has 16 heavy (non-hydrogen) atoms. The van der Waals surface area contributed by atoms with Crippen LogP contribution in [0.4, 0.5) is 5.69 Å². The molecule has 0 bridgehead atoms. The third-order valence-electron chi connectivity index (χ3n) is 2.44. The Morgan fingerprint density at radius 1 is 1.31 bits per heavy atom. The molecular weight excluding hydrogens is 282 g/mol. The quantitative estimate of drug-likeness (QED) is 0.877. The highest BCUT2D eigenvalue weighted by Crippen LogP contribution is 2.20. The SMILES string of the molecule is Cc1cc(NCCc2cccs2)ccc1Br. The second-order valence-corrected chi connectivity index (χ2v) is 5.61. The minimum atomic E-state index is 0.988. The number of nitrogens with one attached hydrogen (secondary N) is 1. The van der Waals surface area contributed by atoms with E-state index in [0.717, 1.165) is 17.4 Å². The number of benzene rings is 1. The maximum Gasteiger partial charge on any atom is 0.0343 e. The van der Waals surface area contributed by atoms with Crippen LogP contribution < -0.4 is 5.32 Å². The van der Waals surface area contributed by atoms with E-state index in [1.54, 1.807) is 0 Å². The van der Waals surface area contributed by atoms with Gasteiger partial charge in [-0.05, 0) is 48.6 Å². The Bertz CT molecular complexity index is 451. The smallest absolute Gasteiger partial charge is 0.0343 e. The Morgan fingerprint density at radius 2 is 2.19 bits per heavy atom. The fourth-order valence-electron chi connectivity index (χ4n) is 1.54. The van der Waals surface area contributed by atoms with Crippen LogP contribution in [-0.2, 0) is 6.42 Å². The van der Waals surface area contributed by atoms with E-state index >= 15 is 0 Å². The standard InChI is InChI=1S/C13H14BrNS/c1-10-9-11(4-5-13(10)14)15-7-6-12-3-2-8-16-12/h2-5,8-9,15H,6-7H2,1H3. The Morgan fingerprint density at radius 3 is 2.88 bits per heavy atom. The van der Waals surface area contributed by atoms with E-state index in [1.165, 1.54) is 16.1 Å². The van der Waals surface area contributed by atoms with Gasteiger partial charge in [0, 0.05) is 21.6 Å². The van der Waals surface area contributed by atoms with Gasteiger partial charge in [-0.1, -0.05) is 22.0 Å². The molecule has 0 fully saturated rings. The van der Waals surface area contributed by atoms with Gasteiger partial charge in [-0.25, -0.2) is 0 Å². The summed E-state index contributed by atoms with van der Waals surface area (Å²) in [4.78, 5) is 1.43. The summed E-state index contributed by atoms with van der Waals surface area (Å²) in [5.41, 5.74) is 2.46. The zero-order valence-corrected chi connectivity index (χ0v) is 11.6. The van der Waals surface area contributed by atoms with E-state index in [2.05, 4.69) is 63.9 Å². The van der Waals surface area contributed by atoms with Crippen molar-refractivity contribution in [2.24, 2.45) is 0 Å². The van der Waals surface area contributed by atoms with Crippen molar-refractivity contribution >= 4 is 33.0 Å². The Hall–Kier alpha value is -0.800. The number of rotatable bonds is 4. The summed E-state index contributed by atoms with van der Waals surface area (Å²) in [6, 6.07) is 10.6. The van der Waals surface area contributed by atoms with Gasteiger partial charge in [0.1, 0.15) is 0 Å². The van der Waals surface area contributed by atoms with Gasteiger partial charge >= 0.3 is 0 Å². The summed E-state index contributed by atoms with van der Waals surface area (Å²) < 4.78 is 1.16. The number of hydrogen-bond acceptors (Lipinski definition) is 2. The van der Waals surface area contributed by atoms with Crippen molar-refractivity contribution in [3.8, 4) is 0 Å². The van der Waals surface area contributed by atoms with Crippen LogP contribution in [0.5, 0.6) is 0 Å². The van der Waals surface area contributed by atoms with E-state index in [-0.39, 0.29) is 0 Å². The molecule has 0 aliphatic carbocycles. The van der Waals surface area contributed by atoms with Crippen LogP contribution >= 0.6 is 27.3 Å². The summed E-state index contributed by atoms with van der Waals surface area (Å²) in [7, 11) is 0. The summed E-state index contributed by atoms with van der Waals surface area (Å²) in [5.74, 6) is 0. The zero-order chi connectivity index (χ0) is 11.4. The molecule has 0 unspecified atom stereocenters. The Balaban J connectivity index is 1.87. The van der Waals surface area contributed by atoms with Crippen LogP contribution in [0, 0.1) is 6.92 Å². The molecule has 0 saturated carbocycles. The monoisotopic (exact) mass is 295 g/mol. The van der Waals surface area contributed by atoms with Gasteiger partial charge in [-0.2, -0.15) is 0 Å². The predicted octanol–water partition coefficient (Wildman–Crippen LogP) is 4.47. The molecule has 1 aromatic heterocycles. The highest BCUT2D eigenvalue weighted by atomic mass is 79.9. The highest BCUT2D eigenvalue weighted by Gasteiger charge is 1.97. The summed E-state index contributed by atoms with van der Waals surface area (Å²) in [6.07, 6.45) is 1.09. The van der Waals surface area contributed by atoms with Crippen molar-refractivity contribution in [2.75, 3.05) is 11.9 Å². The van der Waals surface area contributed by atoms with Crippen LogP contribution in [0.15, 0.2) is 40.2 Å². The molecule has 3 heteroatoms. The summed E-state index contributed by atoms with van der Waals surface area (Å²) in [5, 5.41) is 5.56. The first-order valence-electron chi connectivity index (χ1n) is 5.28. The molecule has 1 aromatic carbocycles. The molecule has 1 N–H and O–H groups in total. The van der Waals surface area contributed by atoms with Crippen LogP contribution in [0.2, 0.25) is 0 Å². The van der Waals surface area contributed by atoms with Gasteiger partial charge in [-0.15, -0.1) is 11.3 Å². The number of anilines is 1. The molecular formula is C13H14BrNS. The molecule has 0 saturated heterocycles. The molecule has 0 atom stereocenters. The minimum Gasteiger partial charge on any atom is -0.385 e. The maximum absolute atomic E-state index is 3.50. The third-order valence-corrected chi connectivity index (χ3v) is 4.26. The van der Waals surface area contributed by atoms with Gasteiger partial charge in [0.05, 0.1) is 0 Å². The molecule has 2 aromatic rings. The lowest BCUT2D eigenvalue weighted by molar-refractivity contribution is 1.04. The molecule has 1 nitrogen and oxygen atoms in total. The van der Waals surface area contributed by atoms with Crippen molar-refractivity contribution in [1.29, 1.82) is 0 Å². The van der Waals surface area contributed by atoms with Gasteiger partial charge in [0.15, 0.2) is 0 Å². The molecule has 0 spiro atoms. The molecule has 0 aliphatic heterocycles. The minimum absolute atomic E-state index is 0.988. The van der Waals surface area contributed by atoms with Gasteiger partial charge in [-0.3, -0.25) is 0 Å². The maximum atomic E-state index is 3.50. The number of aryl methyl sites for hydroxylation is 1. The Labute approximate surface area is 109 Å². The van der Waals surface area contributed by atoms with E-state index in [0.29, 0.717) is 0 Å². The van der Waals surface area contributed by atoms with Crippen molar-refractivity contribution in [1.82, 2.24) is 0 Å². The molecule has 0 radical (unpaired) electrons. The molecule has 1 heterocycles. The van der Waals surface area contributed by atoms with Gasteiger partial charge in [0.2, 0.25) is 0 Å². The van der Waals surface area contributed by atoms with Crippen molar-refractivity contribution in [2.45, 2.75) is 13.3 Å². The van der Waals surface area contributed by atoms with Crippen LogP contribution in [-0.4, -0.2) is 6.54 Å². The number of hydrogen-bond donors (Lipinski definition) is 1. The average molecular weight is 296 g/mol. The number of halogens is 1. The highest BCUT2D eigenvalue weighted by molar-refractivity contribution is 9.10. The second kappa shape index (κ2) is 5.51. The molecule has 2 rings (SSSR count). The summed E-state index contributed by atoms with van der Waals surface area (Å²) >= 11 is 5.32. The topological polar surface area (TPSA) is 12.0 Å². The average Bonchev–Trinajstić information content (AvgIpc) is 2.76. The van der Waals surface area contributed by atoms with Gasteiger partial charge in [0.25, 0.3) is 0 Å². The van der Waals surface area contributed by atoms with E-state index < -0.39 is 0 Å². The Kier molecular flexibility index (Phi) is 4.02. The van der Waals surface area contributed by atoms with Crippen molar-refractivity contribution in [3.05, 3.63) is 50.6 Å². The molecule has 0 amide bonds. The molecule has 0 aliphatic rings. The first kappa shape index (κ1) is 11.7. The van der Waals surface area contributed by atoms with E-state index in [1.807, 2.05) is 11.3 Å². The first-order valence-corrected chi connectivity index (χ1v) is 6.95. The van der Waals surface area contributed by atoms with Crippen LogP contribution in [0.1, 0.15) is 10.4 Å². The third kappa shape index (κ3) is 3.09. The zero-order valence-electron chi connectivity index (χ0n) is 9.16. The fraction of sp³-hybridized carbons (Fsp3) is 0.231. The summed E-state index contributed by atoms with van der Waals surface area (Å²) in [6.45, 7) is 3.09. The lowest BCUT2D eigenvalue weighted by Crippen LogP contribution is -2.03. The second-order valence-electron chi connectivity index (χ2n) is 3.72.